The summed E-state index contributed by atoms with van der Waals surface area (Å²) in [7, 11) is 1.55. The zero-order valence-electron chi connectivity index (χ0n) is 19.5. The predicted molar refractivity (Wildman–Crippen MR) is 116 cm³/mol. The second kappa shape index (κ2) is 9.16. The van der Waals surface area contributed by atoms with Crippen molar-refractivity contribution >= 4 is 18.0 Å². The zero-order valence-corrected chi connectivity index (χ0v) is 19.5. The van der Waals surface area contributed by atoms with Crippen LogP contribution < -0.4 is 10.2 Å². The average molecular weight is 435 g/mol. The van der Waals surface area contributed by atoms with Gasteiger partial charge in [0.25, 0.3) is 0 Å². The highest BCUT2D eigenvalue weighted by atomic mass is 16.6. The quantitative estimate of drug-likeness (QED) is 0.693. The summed E-state index contributed by atoms with van der Waals surface area (Å²) < 4.78 is 16.2. The molecule has 1 unspecified atom stereocenters. The molecule has 31 heavy (non-hydrogen) atoms. The molecule has 1 aromatic rings. The van der Waals surface area contributed by atoms with Crippen molar-refractivity contribution in [3.05, 3.63) is 29.8 Å². The Bertz CT molecular complexity index is 807. The van der Waals surface area contributed by atoms with Crippen LogP contribution in [0.1, 0.15) is 72.8 Å². The summed E-state index contributed by atoms with van der Waals surface area (Å²) >= 11 is 0. The number of methoxy groups -OCH3 is 1. The molecule has 1 aliphatic rings. The van der Waals surface area contributed by atoms with E-state index in [1.54, 1.807) is 72.9 Å². The Morgan fingerprint density at radius 1 is 0.968 bits per heavy atom. The number of rotatable bonds is 3. The van der Waals surface area contributed by atoms with E-state index < -0.39 is 28.9 Å². The molecule has 1 aromatic carbocycles. The molecule has 0 aliphatic heterocycles. The average Bonchev–Trinajstić information content (AvgIpc) is 2.64. The van der Waals surface area contributed by atoms with E-state index in [1.165, 1.54) is 0 Å². The van der Waals surface area contributed by atoms with Crippen LogP contribution in [0.2, 0.25) is 0 Å². The van der Waals surface area contributed by atoms with E-state index in [1.807, 2.05) is 0 Å². The first-order valence-corrected chi connectivity index (χ1v) is 10.5. The van der Waals surface area contributed by atoms with Crippen molar-refractivity contribution in [3.8, 4) is 5.75 Å². The van der Waals surface area contributed by atoms with Gasteiger partial charge in [0.15, 0.2) is 11.3 Å². The number of ether oxygens (including phenoxy) is 3. The minimum atomic E-state index is -1.41. The molecule has 172 valence electrons. The lowest BCUT2D eigenvalue weighted by Gasteiger charge is -2.44. The Balaban J connectivity index is 2.57. The smallest absolute Gasteiger partial charge is 0.430 e. The molecule has 1 atom stereocenters. The minimum Gasteiger partial charge on any atom is -0.497 e. The molecule has 1 fully saturated rings. The van der Waals surface area contributed by atoms with Crippen LogP contribution in [0.15, 0.2) is 24.3 Å². The lowest BCUT2D eigenvalue weighted by Crippen LogP contribution is -2.63. The Morgan fingerprint density at radius 2 is 1.55 bits per heavy atom. The third-order valence-electron chi connectivity index (χ3n) is 4.78. The molecular weight excluding hydrogens is 400 g/mol. The lowest BCUT2D eigenvalue weighted by atomic mass is 9.75. The highest BCUT2D eigenvalue weighted by molar-refractivity contribution is 5.94. The van der Waals surface area contributed by atoms with Crippen molar-refractivity contribution in [1.29, 1.82) is 0 Å². The molecular formula is C23H34N2O6. The number of hydrazine groups is 1. The zero-order chi connectivity index (χ0) is 23.4. The molecule has 1 saturated carbocycles. The normalized spacial score (nSPS) is 19.4. The van der Waals surface area contributed by atoms with E-state index in [0.29, 0.717) is 30.6 Å². The van der Waals surface area contributed by atoms with Crippen molar-refractivity contribution < 1.29 is 28.6 Å². The van der Waals surface area contributed by atoms with E-state index >= 15 is 0 Å². The van der Waals surface area contributed by atoms with Gasteiger partial charge < -0.3 is 14.2 Å². The Morgan fingerprint density at radius 3 is 2.03 bits per heavy atom. The van der Waals surface area contributed by atoms with E-state index in [-0.39, 0.29) is 12.2 Å². The molecule has 0 radical (unpaired) electrons. The van der Waals surface area contributed by atoms with Crippen LogP contribution in [0.5, 0.6) is 5.75 Å². The Kier molecular flexibility index (Phi) is 7.24. The summed E-state index contributed by atoms with van der Waals surface area (Å²) in [5, 5.41) is 1.01. The van der Waals surface area contributed by atoms with Crippen LogP contribution in [-0.2, 0) is 19.8 Å². The molecule has 0 heterocycles. The molecule has 8 heteroatoms. The fourth-order valence-electron chi connectivity index (χ4n) is 3.55. The SMILES string of the molecule is COc1ccc(C2(N(NC(=O)OC(C)(C)C)C(=O)OC(C)(C)C)CCCCC2=O)cc1. The Hall–Kier alpha value is -2.77. The first-order valence-electron chi connectivity index (χ1n) is 10.5. The van der Waals surface area contributed by atoms with Crippen LogP contribution in [0.3, 0.4) is 0 Å². The number of nitrogens with one attached hydrogen (secondary N) is 1. The summed E-state index contributed by atoms with van der Waals surface area (Å²) in [4.78, 5) is 39.3. The molecule has 0 saturated heterocycles. The van der Waals surface area contributed by atoms with Gasteiger partial charge in [-0.05, 0) is 78.5 Å². The number of hydrogen-bond acceptors (Lipinski definition) is 6. The second-order valence-electron chi connectivity index (χ2n) is 9.65. The second-order valence-corrected chi connectivity index (χ2v) is 9.65. The molecule has 0 bridgehead atoms. The van der Waals surface area contributed by atoms with Crippen LogP contribution in [-0.4, -0.2) is 41.3 Å². The van der Waals surface area contributed by atoms with Gasteiger partial charge in [0.2, 0.25) is 0 Å². The monoisotopic (exact) mass is 434 g/mol. The molecule has 8 nitrogen and oxygen atoms in total. The standard InChI is InChI=1S/C23H34N2O6/c1-21(2,3)30-19(27)24-25(20(28)31-22(4,5)6)23(15-9-8-10-18(23)26)16-11-13-17(29-7)14-12-16/h11-14H,8-10,15H2,1-7H3,(H,24,27). The van der Waals surface area contributed by atoms with E-state index in [0.717, 1.165) is 5.01 Å². The van der Waals surface area contributed by atoms with Gasteiger partial charge in [-0.1, -0.05) is 12.1 Å². The number of ketones is 1. The van der Waals surface area contributed by atoms with Crippen LogP contribution in [0.4, 0.5) is 9.59 Å². The van der Waals surface area contributed by atoms with Gasteiger partial charge in [0, 0.05) is 6.42 Å². The van der Waals surface area contributed by atoms with Gasteiger partial charge in [0.05, 0.1) is 7.11 Å². The maximum atomic E-state index is 13.4. The topological polar surface area (TPSA) is 94.2 Å². The fraction of sp³-hybridized carbons (Fsp3) is 0.609. The molecule has 1 aliphatic carbocycles. The summed E-state index contributed by atoms with van der Waals surface area (Å²) in [6, 6.07) is 6.91. The summed E-state index contributed by atoms with van der Waals surface area (Å²) in [6.07, 6.45) is 0.362. The third kappa shape index (κ3) is 6.12. The third-order valence-corrected chi connectivity index (χ3v) is 4.78. The molecule has 2 amide bonds. The largest absolute Gasteiger partial charge is 0.497 e. The maximum Gasteiger partial charge on any atom is 0.430 e. The number of amides is 2. The van der Waals surface area contributed by atoms with Crippen molar-refractivity contribution in [2.45, 2.75) is 84.0 Å². The Labute approximate surface area is 184 Å². The lowest BCUT2D eigenvalue weighted by molar-refractivity contribution is -0.137. The van der Waals surface area contributed by atoms with Gasteiger partial charge in [-0.3, -0.25) is 4.79 Å². The van der Waals surface area contributed by atoms with Gasteiger partial charge >= 0.3 is 12.2 Å². The van der Waals surface area contributed by atoms with Gasteiger partial charge in [-0.15, -0.1) is 0 Å². The van der Waals surface area contributed by atoms with Crippen LogP contribution >= 0.6 is 0 Å². The first-order chi connectivity index (χ1) is 14.3. The number of carbonyl (C=O) groups excluding carboxylic acids is 3. The fourth-order valence-corrected chi connectivity index (χ4v) is 3.55. The number of hydrogen-bond donors (Lipinski definition) is 1. The summed E-state index contributed by atoms with van der Waals surface area (Å²) in [5.74, 6) is 0.442. The highest BCUT2D eigenvalue weighted by Gasteiger charge is 2.51. The van der Waals surface area contributed by atoms with Crippen LogP contribution in [0, 0.1) is 0 Å². The number of carbonyl (C=O) groups is 3. The van der Waals surface area contributed by atoms with Crippen molar-refractivity contribution in [2.75, 3.05) is 7.11 Å². The van der Waals surface area contributed by atoms with E-state index in [2.05, 4.69) is 5.43 Å². The van der Waals surface area contributed by atoms with Gasteiger partial charge in [-0.2, -0.15) is 5.01 Å². The van der Waals surface area contributed by atoms with Gasteiger partial charge in [0.1, 0.15) is 17.0 Å². The summed E-state index contributed by atoms with van der Waals surface area (Å²) in [6.45, 7) is 10.3. The predicted octanol–water partition coefficient (Wildman–Crippen LogP) is 4.71. The van der Waals surface area contributed by atoms with E-state index in [4.69, 9.17) is 14.2 Å². The van der Waals surface area contributed by atoms with Crippen molar-refractivity contribution in [1.82, 2.24) is 10.4 Å². The highest BCUT2D eigenvalue weighted by Crippen LogP contribution is 2.40. The number of benzene rings is 1. The van der Waals surface area contributed by atoms with Crippen molar-refractivity contribution in [2.24, 2.45) is 0 Å². The molecule has 0 aromatic heterocycles. The molecule has 0 spiro atoms. The van der Waals surface area contributed by atoms with Gasteiger partial charge in [-0.25, -0.2) is 15.0 Å². The first kappa shape index (κ1) is 24.5. The summed E-state index contributed by atoms with van der Waals surface area (Å²) in [5.41, 5.74) is 0.0522. The number of nitrogens with zero attached hydrogens (tertiary/aromatic N) is 1. The maximum absolute atomic E-state index is 13.4. The van der Waals surface area contributed by atoms with Crippen molar-refractivity contribution in [3.63, 3.8) is 0 Å². The minimum absolute atomic E-state index is 0.175. The van der Waals surface area contributed by atoms with Crippen LogP contribution in [0.25, 0.3) is 0 Å². The van der Waals surface area contributed by atoms with E-state index in [9.17, 15) is 14.4 Å². The number of Topliss-reactive ketones (excluding diaryl/α,β-unsaturated/α-hetero) is 1. The molecule has 2 rings (SSSR count). The molecule has 1 N–H and O–H groups in total.